The van der Waals surface area contributed by atoms with Crippen LogP contribution in [0.3, 0.4) is 0 Å². The topological polar surface area (TPSA) is 59.0 Å². The zero-order valence-corrected chi connectivity index (χ0v) is 17.2. The van der Waals surface area contributed by atoms with Crippen LogP contribution in [0.15, 0.2) is 47.4 Å². The lowest BCUT2D eigenvalue weighted by Crippen LogP contribution is -2.55. The van der Waals surface area contributed by atoms with Crippen molar-refractivity contribution in [2.24, 2.45) is 0 Å². The van der Waals surface area contributed by atoms with Crippen molar-refractivity contribution >= 4 is 23.4 Å². The van der Waals surface area contributed by atoms with Crippen molar-refractivity contribution in [3.8, 4) is 17.0 Å². The third-order valence-electron chi connectivity index (χ3n) is 4.94. The fourth-order valence-electron chi connectivity index (χ4n) is 3.55. The van der Waals surface area contributed by atoms with Crippen molar-refractivity contribution in [1.29, 1.82) is 0 Å². The second-order valence-corrected chi connectivity index (χ2v) is 8.15. The van der Waals surface area contributed by atoms with Gasteiger partial charge in [-0.2, -0.15) is 22.3 Å². The van der Waals surface area contributed by atoms with Crippen LogP contribution in [0.5, 0.6) is 5.88 Å². The first-order valence-corrected chi connectivity index (χ1v) is 10.5. The summed E-state index contributed by atoms with van der Waals surface area (Å²) in [5.74, 6) is 0.691. The molecule has 156 valence electrons. The highest BCUT2D eigenvalue weighted by Gasteiger charge is 2.39. The third-order valence-corrected chi connectivity index (χ3v) is 6.38. The van der Waals surface area contributed by atoms with Crippen molar-refractivity contribution in [2.45, 2.75) is 30.8 Å². The Hall–Kier alpha value is -2.52. The molecule has 4 rings (SSSR count). The Balaban J connectivity index is 1.96. The van der Waals surface area contributed by atoms with Crippen LogP contribution in [-0.4, -0.2) is 14.7 Å². The zero-order valence-electron chi connectivity index (χ0n) is 15.7. The molecule has 0 aliphatic carbocycles. The van der Waals surface area contributed by atoms with Crippen LogP contribution in [0.25, 0.3) is 11.1 Å². The molecule has 0 saturated heterocycles. The van der Waals surface area contributed by atoms with Crippen molar-refractivity contribution in [3.05, 3.63) is 75.1 Å². The number of aromatic hydroxyl groups is 1. The Morgan fingerprint density at radius 3 is 2.73 bits per heavy atom. The Labute approximate surface area is 178 Å². The summed E-state index contributed by atoms with van der Waals surface area (Å²) in [4.78, 5) is 17.5. The summed E-state index contributed by atoms with van der Waals surface area (Å²) in [6.45, 7) is 2.14. The molecule has 0 amide bonds. The van der Waals surface area contributed by atoms with E-state index in [4.69, 9.17) is 11.6 Å². The van der Waals surface area contributed by atoms with E-state index in [0.29, 0.717) is 23.3 Å². The van der Waals surface area contributed by atoms with E-state index in [0.717, 1.165) is 17.7 Å². The molecule has 0 saturated carbocycles. The van der Waals surface area contributed by atoms with Gasteiger partial charge in [0.25, 0.3) is 11.7 Å². The van der Waals surface area contributed by atoms with Gasteiger partial charge in [-0.1, -0.05) is 35.5 Å². The summed E-state index contributed by atoms with van der Waals surface area (Å²) in [6, 6.07) is 7.78. The minimum atomic E-state index is -4.56. The van der Waals surface area contributed by atoms with Gasteiger partial charge in [0.1, 0.15) is 5.15 Å². The summed E-state index contributed by atoms with van der Waals surface area (Å²) in [6.07, 6.45) is -3.00. The maximum Gasteiger partial charge on any atom is 0.416 e. The van der Waals surface area contributed by atoms with Crippen LogP contribution in [0.4, 0.5) is 13.2 Å². The van der Waals surface area contributed by atoms with E-state index in [9.17, 15) is 23.1 Å². The average Bonchev–Trinajstić information content (AvgIpc) is 3.14. The van der Waals surface area contributed by atoms with E-state index in [2.05, 4.69) is 4.98 Å². The Bertz CT molecular complexity index is 1180. The number of hydrogen-bond donors (Lipinski definition) is 1. The molecule has 1 atom stereocenters. The first-order valence-electron chi connectivity index (χ1n) is 9.03. The SMILES string of the molecule is CCn1c(O)c(-c2cccc(C(F)(F)F)c2)c(=O)[n+]2c1CSC2c1ccc(Cl)nc1. The molecule has 30 heavy (non-hydrogen) atoms. The van der Waals surface area contributed by atoms with Crippen molar-refractivity contribution < 1.29 is 22.8 Å². The van der Waals surface area contributed by atoms with Crippen LogP contribution >= 0.6 is 23.4 Å². The van der Waals surface area contributed by atoms with Gasteiger partial charge in [-0.25, -0.2) is 9.78 Å². The fraction of sp³-hybridized carbons (Fsp3) is 0.250. The van der Waals surface area contributed by atoms with Gasteiger partial charge in [-0.05, 0) is 36.8 Å². The van der Waals surface area contributed by atoms with Gasteiger partial charge in [-0.3, -0.25) is 0 Å². The summed E-state index contributed by atoms with van der Waals surface area (Å²) in [5, 5.41) is 10.7. The lowest BCUT2D eigenvalue weighted by molar-refractivity contribution is -0.710. The molecule has 10 heteroatoms. The van der Waals surface area contributed by atoms with Crippen molar-refractivity contribution in [1.82, 2.24) is 9.55 Å². The predicted molar refractivity (Wildman–Crippen MR) is 107 cm³/mol. The molecule has 1 aromatic carbocycles. The summed E-state index contributed by atoms with van der Waals surface area (Å²) < 4.78 is 42.6. The lowest BCUT2D eigenvalue weighted by Gasteiger charge is -2.14. The van der Waals surface area contributed by atoms with E-state index < -0.39 is 22.7 Å². The van der Waals surface area contributed by atoms with Crippen LogP contribution < -0.4 is 10.1 Å². The number of pyridine rings is 1. The molecule has 0 bridgehead atoms. The molecule has 0 fully saturated rings. The number of fused-ring (bicyclic) bond motifs is 1. The number of hydrogen-bond acceptors (Lipinski definition) is 4. The van der Waals surface area contributed by atoms with Gasteiger partial charge in [0.15, 0.2) is 10.9 Å². The summed E-state index contributed by atoms with van der Waals surface area (Å²) >= 11 is 7.32. The lowest BCUT2D eigenvalue weighted by atomic mass is 10.0. The van der Waals surface area contributed by atoms with E-state index in [1.807, 2.05) is 0 Å². The monoisotopic (exact) mass is 454 g/mol. The Morgan fingerprint density at radius 1 is 1.33 bits per heavy atom. The van der Waals surface area contributed by atoms with Crippen LogP contribution in [0.1, 0.15) is 29.2 Å². The second-order valence-electron chi connectivity index (χ2n) is 6.69. The zero-order chi connectivity index (χ0) is 21.6. The molecular formula is C20H16ClF3N3O2S+. The van der Waals surface area contributed by atoms with Crippen molar-refractivity contribution in [3.63, 3.8) is 0 Å². The smallest absolute Gasteiger partial charge is 0.416 e. The van der Waals surface area contributed by atoms with Crippen LogP contribution in [0.2, 0.25) is 5.15 Å². The summed E-state index contributed by atoms with van der Waals surface area (Å²) in [7, 11) is 0. The van der Waals surface area contributed by atoms with E-state index in [1.165, 1.54) is 28.5 Å². The first-order chi connectivity index (χ1) is 14.2. The van der Waals surface area contributed by atoms with E-state index >= 15 is 0 Å². The van der Waals surface area contributed by atoms with Crippen LogP contribution in [-0.2, 0) is 18.5 Å². The molecule has 5 nitrogen and oxygen atoms in total. The standard InChI is InChI=1S/C20H15ClF3N3O2S/c1-2-26-15-10-30-19(12-6-7-14(21)25-9-12)27(15)18(29)16(17(26)28)11-4-3-5-13(8-11)20(22,23)24/h3-9,19H,2,10H2,1H3/p+1. The van der Waals surface area contributed by atoms with Gasteiger partial charge >= 0.3 is 11.7 Å². The fourth-order valence-corrected chi connectivity index (χ4v) is 4.96. The first kappa shape index (κ1) is 20.7. The highest BCUT2D eigenvalue weighted by atomic mass is 35.5. The number of rotatable bonds is 3. The molecule has 1 unspecified atom stereocenters. The van der Waals surface area contributed by atoms with Gasteiger partial charge < -0.3 is 5.11 Å². The molecule has 3 aromatic rings. The minimum Gasteiger partial charge on any atom is -0.477 e. The number of thioether (sulfide) groups is 1. The van der Waals surface area contributed by atoms with Gasteiger partial charge in [-0.15, -0.1) is 0 Å². The molecule has 3 heterocycles. The number of alkyl halides is 3. The largest absolute Gasteiger partial charge is 0.477 e. The molecule has 0 radical (unpaired) electrons. The molecule has 1 N–H and O–H groups in total. The normalized spacial score (nSPS) is 16.0. The average molecular weight is 455 g/mol. The summed E-state index contributed by atoms with van der Waals surface area (Å²) in [5.41, 5.74) is -0.874. The molecular weight excluding hydrogens is 439 g/mol. The quantitative estimate of drug-likeness (QED) is 0.471. The van der Waals surface area contributed by atoms with Crippen molar-refractivity contribution in [2.75, 3.05) is 0 Å². The Morgan fingerprint density at radius 2 is 2.10 bits per heavy atom. The Kier molecular flexibility index (Phi) is 5.27. The molecule has 2 aromatic heterocycles. The molecule has 1 aliphatic rings. The second kappa shape index (κ2) is 7.63. The molecule has 0 spiro atoms. The number of halogens is 4. The molecule has 1 aliphatic heterocycles. The van der Waals surface area contributed by atoms with E-state index in [-0.39, 0.29) is 17.0 Å². The van der Waals surface area contributed by atoms with E-state index in [1.54, 1.807) is 29.8 Å². The van der Waals surface area contributed by atoms with Gasteiger partial charge in [0, 0.05) is 11.8 Å². The third kappa shape index (κ3) is 3.45. The van der Waals surface area contributed by atoms with Crippen LogP contribution in [0, 0.1) is 0 Å². The van der Waals surface area contributed by atoms with Gasteiger partial charge in [0.05, 0.1) is 17.9 Å². The number of nitrogens with zero attached hydrogens (tertiary/aromatic N) is 3. The maximum atomic E-state index is 13.4. The maximum absolute atomic E-state index is 13.4. The highest BCUT2D eigenvalue weighted by Crippen LogP contribution is 2.38. The minimum absolute atomic E-state index is 0.00899. The number of aromatic nitrogens is 3. The number of benzene rings is 1. The predicted octanol–water partition coefficient (Wildman–Crippen LogP) is 4.39. The highest BCUT2D eigenvalue weighted by molar-refractivity contribution is 7.98. The van der Waals surface area contributed by atoms with Gasteiger partial charge in [0.2, 0.25) is 0 Å².